The van der Waals surface area contributed by atoms with E-state index < -0.39 is 24.4 Å². The highest BCUT2D eigenvalue weighted by molar-refractivity contribution is 6.31. The zero-order valence-corrected chi connectivity index (χ0v) is 15.7. The van der Waals surface area contributed by atoms with Crippen LogP contribution in [0.1, 0.15) is 17.0 Å². The number of hydrogen-bond acceptors (Lipinski definition) is 8. The van der Waals surface area contributed by atoms with Crippen LogP contribution in [0.25, 0.3) is 0 Å². The Kier molecular flexibility index (Phi) is 6.67. The van der Waals surface area contributed by atoms with E-state index in [0.29, 0.717) is 0 Å². The van der Waals surface area contributed by atoms with Crippen LogP contribution in [0.3, 0.4) is 0 Å². The van der Waals surface area contributed by atoms with Crippen molar-refractivity contribution >= 4 is 35.1 Å². The number of aromatic nitrogens is 2. The van der Waals surface area contributed by atoms with E-state index in [1.807, 2.05) is 0 Å². The molecule has 3 rings (SSSR count). The monoisotopic (exact) mass is 432 g/mol. The minimum Gasteiger partial charge on any atom is -0.858 e. The van der Waals surface area contributed by atoms with Gasteiger partial charge in [0.15, 0.2) is 17.2 Å². The Morgan fingerprint density at radius 3 is 2.73 bits per heavy atom. The molecule has 1 amide bonds. The van der Waals surface area contributed by atoms with Crippen molar-refractivity contribution in [3.8, 4) is 0 Å². The lowest BCUT2D eigenvalue weighted by Crippen LogP contribution is -2.23. The van der Waals surface area contributed by atoms with E-state index >= 15 is 0 Å². The highest BCUT2D eigenvalue weighted by Gasteiger charge is 2.18. The van der Waals surface area contributed by atoms with E-state index in [9.17, 15) is 19.5 Å². The smallest absolute Gasteiger partial charge is 0.433 e. The molecule has 1 aromatic heterocycles. The topological polar surface area (TPSA) is 145 Å². The lowest BCUT2D eigenvalue weighted by atomic mass is 10.2. The van der Waals surface area contributed by atoms with Crippen molar-refractivity contribution < 1.29 is 28.9 Å². The minimum absolute atomic E-state index is 0.0285. The zero-order valence-electron chi connectivity index (χ0n) is 15.0. The van der Waals surface area contributed by atoms with Gasteiger partial charge in [0.1, 0.15) is 12.4 Å². The number of carbonyl (C=O) groups excluding carboxylic acids is 1. The number of nitrogens with zero attached hydrogens (tertiary/aromatic N) is 4. The number of amidine groups is 1. The summed E-state index contributed by atoms with van der Waals surface area (Å²) in [6, 6.07) is 11.6. The van der Waals surface area contributed by atoms with Crippen molar-refractivity contribution in [1.82, 2.24) is 15.8 Å². The normalized spacial score (nSPS) is 12.0. The summed E-state index contributed by atoms with van der Waals surface area (Å²) in [7, 11) is 0. The van der Waals surface area contributed by atoms with Crippen molar-refractivity contribution in [3.05, 3.63) is 76.3 Å². The zero-order chi connectivity index (χ0) is 21.5. The van der Waals surface area contributed by atoms with Gasteiger partial charge in [-0.2, -0.15) is 4.99 Å². The standard InChI is InChI=1S/C18H13ClFN5O5/c19-12-8-11(6-7-13(12)20)21-16(23-28)15-14(24-30-25-15)9-29-18(27)22-17(26)10-4-2-1-3-5-10/h1-8,28H,9H2,(H,21,23)(H,22,26,27)/p-1. The van der Waals surface area contributed by atoms with Gasteiger partial charge in [0, 0.05) is 5.90 Å². The van der Waals surface area contributed by atoms with Crippen molar-refractivity contribution in [3.63, 3.8) is 0 Å². The summed E-state index contributed by atoms with van der Waals surface area (Å²) in [5, 5.41) is 28.2. The van der Waals surface area contributed by atoms with E-state index in [-0.39, 0.29) is 33.5 Å². The Balaban J connectivity index is 1.73. The quantitative estimate of drug-likeness (QED) is 0.355. The predicted molar refractivity (Wildman–Crippen MR) is 100.0 cm³/mol. The van der Waals surface area contributed by atoms with Gasteiger partial charge in [0.05, 0.1) is 10.7 Å². The van der Waals surface area contributed by atoms with E-state index in [4.69, 9.17) is 16.3 Å². The average Bonchev–Trinajstić information content (AvgIpc) is 3.22. The van der Waals surface area contributed by atoms with Crippen molar-refractivity contribution in [2.45, 2.75) is 6.61 Å². The molecule has 0 bridgehead atoms. The third-order valence-corrected chi connectivity index (χ3v) is 3.87. The lowest BCUT2D eigenvalue weighted by molar-refractivity contribution is -0.212. The maximum Gasteiger partial charge on any atom is 0.433 e. The molecule has 2 N–H and O–H groups in total. The second-order valence-electron chi connectivity index (χ2n) is 5.57. The highest BCUT2D eigenvalue weighted by atomic mass is 35.5. The summed E-state index contributed by atoms with van der Waals surface area (Å²) in [6.45, 7) is -0.478. The number of hydroxylamine groups is 1. The van der Waals surface area contributed by atoms with Crippen LogP contribution in [0.2, 0.25) is 5.02 Å². The number of benzene rings is 2. The van der Waals surface area contributed by atoms with E-state index in [0.717, 1.165) is 6.07 Å². The molecule has 3 aromatic rings. The maximum atomic E-state index is 13.3. The molecular formula is C18H12ClFN5O5-. The van der Waals surface area contributed by atoms with E-state index in [2.05, 4.69) is 24.9 Å². The van der Waals surface area contributed by atoms with Crippen LogP contribution in [-0.4, -0.2) is 33.3 Å². The first kappa shape index (κ1) is 20.9. The maximum absolute atomic E-state index is 13.3. The van der Waals surface area contributed by atoms with Gasteiger partial charge in [-0.05, 0) is 28.9 Å². The Morgan fingerprint density at radius 1 is 1.27 bits per heavy atom. The molecule has 0 aliphatic heterocycles. The number of rotatable bonds is 5. The fraction of sp³-hybridized carbons (Fsp3) is 0.0556. The average molecular weight is 433 g/mol. The molecule has 0 fully saturated rings. The number of halogens is 2. The number of amides is 1. The number of nitrogens with one attached hydrogen (secondary N) is 1. The third kappa shape index (κ3) is 5.16. The van der Waals surface area contributed by atoms with Gasteiger partial charge in [0.25, 0.3) is 0 Å². The Bertz CT molecular complexity index is 1100. The molecule has 154 valence electrons. The summed E-state index contributed by atoms with van der Waals surface area (Å²) in [5.41, 5.74) is 2.08. The molecule has 0 saturated carbocycles. The molecule has 0 atom stereocenters. The highest BCUT2D eigenvalue weighted by Crippen LogP contribution is 2.22. The van der Waals surface area contributed by atoms with Crippen LogP contribution in [0.15, 0.2) is 63.1 Å². The molecule has 0 unspecified atom stereocenters. The summed E-state index contributed by atoms with van der Waals surface area (Å²) < 4.78 is 22.7. The van der Waals surface area contributed by atoms with Gasteiger partial charge in [-0.1, -0.05) is 47.1 Å². The molecule has 0 radical (unpaired) electrons. The summed E-state index contributed by atoms with van der Waals surface area (Å²) in [6.07, 6.45) is -1.15. The molecule has 12 heteroatoms. The molecule has 0 aliphatic rings. The predicted octanol–water partition coefficient (Wildman–Crippen LogP) is 2.36. The van der Waals surface area contributed by atoms with Crippen LogP contribution in [0.4, 0.5) is 14.9 Å². The third-order valence-electron chi connectivity index (χ3n) is 3.58. The van der Waals surface area contributed by atoms with Crippen molar-refractivity contribution in [2.24, 2.45) is 9.98 Å². The van der Waals surface area contributed by atoms with Gasteiger partial charge in [-0.25, -0.2) is 18.8 Å². The first-order valence-electron chi connectivity index (χ1n) is 8.21. The van der Waals surface area contributed by atoms with Gasteiger partial charge in [0.2, 0.25) is 0 Å². The fourth-order valence-corrected chi connectivity index (χ4v) is 2.36. The van der Waals surface area contributed by atoms with E-state index in [1.54, 1.807) is 23.7 Å². The second kappa shape index (κ2) is 9.58. The summed E-state index contributed by atoms with van der Waals surface area (Å²) in [5.74, 6) is -1.65. The van der Waals surface area contributed by atoms with Crippen molar-refractivity contribution in [2.75, 3.05) is 0 Å². The number of aliphatic imine (C=N–C) groups is 2. The summed E-state index contributed by atoms with van der Waals surface area (Å²) >= 11 is 5.70. The fourth-order valence-electron chi connectivity index (χ4n) is 2.19. The molecule has 0 aliphatic carbocycles. The van der Waals surface area contributed by atoms with Crippen LogP contribution < -0.4 is 10.6 Å². The van der Waals surface area contributed by atoms with E-state index in [1.165, 1.54) is 24.3 Å². The Hall–Kier alpha value is -3.83. The molecule has 1 heterocycles. The Morgan fingerprint density at radius 2 is 2.03 bits per heavy atom. The number of ether oxygens (including phenoxy) is 1. The summed E-state index contributed by atoms with van der Waals surface area (Å²) in [4.78, 5) is 19.1. The molecule has 2 aromatic carbocycles. The van der Waals surface area contributed by atoms with Gasteiger partial charge < -0.3 is 9.84 Å². The largest absolute Gasteiger partial charge is 0.858 e. The van der Waals surface area contributed by atoms with Gasteiger partial charge in [-0.3, -0.25) is 10.7 Å². The molecule has 10 nitrogen and oxygen atoms in total. The molecule has 0 spiro atoms. The molecule has 30 heavy (non-hydrogen) atoms. The Labute approximate surface area is 173 Å². The van der Waals surface area contributed by atoms with Crippen LogP contribution >= 0.6 is 11.6 Å². The number of carbonyl (C=O) groups is 1. The second-order valence-corrected chi connectivity index (χ2v) is 5.97. The van der Waals surface area contributed by atoms with Gasteiger partial charge >= 0.3 is 6.09 Å². The molecule has 0 saturated heterocycles. The molecular weight excluding hydrogens is 421 g/mol. The number of hydrogen-bond donors (Lipinski definition) is 2. The minimum atomic E-state index is -1.15. The van der Waals surface area contributed by atoms with Crippen LogP contribution in [0, 0.1) is 5.82 Å². The van der Waals surface area contributed by atoms with Crippen LogP contribution in [0.5, 0.6) is 0 Å². The van der Waals surface area contributed by atoms with Crippen molar-refractivity contribution in [1.29, 1.82) is 0 Å². The first-order chi connectivity index (χ1) is 14.5. The SMILES string of the molecule is O=C(/N=C(\[O-])c1ccccc1)OCc1nonc1C(=Nc1ccc(F)c(Cl)c1)NO. The first-order valence-corrected chi connectivity index (χ1v) is 8.59. The van der Waals surface area contributed by atoms with Crippen LogP contribution in [-0.2, 0) is 11.3 Å². The lowest BCUT2D eigenvalue weighted by Gasteiger charge is -2.09. The van der Waals surface area contributed by atoms with Gasteiger partial charge in [-0.15, -0.1) is 0 Å².